The highest BCUT2D eigenvalue weighted by molar-refractivity contribution is 5.91. The monoisotopic (exact) mass is 454 g/mol. The van der Waals surface area contributed by atoms with Gasteiger partial charge >= 0.3 is 0 Å². The van der Waals surface area contributed by atoms with Gasteiger partial charge in [0.1, 0.15) is 11.5 Å². The standard InChI is InChI=1S/C27H38N2O4/c1-3-18-32-24-14-10-12-22(20-24)28-26(30)16-8-6-5-7-9-17-27(31)29-23-13-11-15-25(21-23)33-19-4-2/h10-15,20-21H,3-9,16-19H2,1-2H3,(H,28,30)(H,29,31). The Hall–Kier alpha value is -3.02. The molecule has 0 aliphatic rings. The second kappa shape index (κ2) is 15.7. The minimum absolute atomic E-state index is 0.0205. The zero-order chi connectivity index (χ0) is 23.7. The lowest BCUT2D eigenvalue weighted by atomic mass is 10.1. The van der Waals surface area contributed by atoms with Crippen molar-refractivity contribution in [3.63, 3.8) is 0 Å². The third-order valence-electron chi connectivity index (χ3n) is 4.99. The Kier molecular flexibility index (Phi) is 12.5. The van der Waals surface area contributed by atoms with Crippen LogP contribution in [0.2, 0.25) is 0 Å². The molecule has 2 N–H and O–H groups in total. The summed E-state index contributed by atoms with van der Waals surface area (Å²) in [5, 5.41) is 5.87. The minimum Gasteiger partial charge on any atom is -0.494 e. The Morgan fingerprint density at radius 1 is 0.667 bits per heavy atom. The van der Waals surface area contributed by atoms with Gasteiger partial charge in [-0.25, -0.2) is 0 Å². The predicted octanol–water partition coefficient (Wildman–Crippen LogP) is 6.57. The van der Waals surface area contributed by atoms with Crippen LogP contribution in [0.4, 0.5) is 11.4 Å². The summed E-state index contributed by atoms with van der Waals surface area (Å²) in [6, 6.07) is 15.0. The Bertz CT molecular complexity index is 784. The number of ether oxygens (including phenoxy) is 2. The lowest BCUT2D eigenvalue weighted by molar-refractivity contribution is -0.117. The van der Waals surface area contributed by atoms with Crippen LogP contribution in [0.25, 0.3) is 0 Å². The Balaban J connectivity index is 1.54. The van der Waals surface area contributed by atoms with E-state index in [1.165, 1.54) is 0 Å². The maximum atomic E-state index is 12.2. The number of nitrogens with one attached hydrogen (secondary N) is 2. The molecule has 33 heavy (non-hydrogen) atoms. The van der Waals surface area contributed by atoms with Crippen LogP contribution >= 0.6 is 0 Å². The number of carbonyl (C=O) groups is 2. The highest BCUT2D eigenvalue weighted by Crippen LogP contribution is 2.19. The lowest BCUT2D eigenvalue weighted by Gasteiger charge is -2.09. The van der Waals surface area contributed by atoms with Crippen LogP contribution in [0.1, 0.15) is 71.6 Å². The van der Waals surface area contributed by atoms with E-state index in [-0.39, 0.29) is 11.8 Å². The summed E-state index contributed by atoms with van der Waals surface area (Å²) >= 11 is 0. The number of amides is 2. The molecule has 0 aliphatic heterocycles. The van der Waals surface area contributed by atoms with Crippen LogP contribution in [-0.4, -0.2) is 25.0 Å². The molecule has 6 heteroatoms. The van der Waals surface area contributed by atoms with Gasteiger partial charge in [0, 0.05) is 36.3 Å². The van der Waals surface area contributed by atoms with Gasteiger partial charge in [0.25, 0.3) is 0 Å². The molecular formula is C27H38N2O4. The molecule has 2 aromatic carbocycles. The number of rotatable bonds is 16. The molecule has 0 saturated heterocycles. The molecule has 0 heterocycles. The molecule has 0 bridgehead atoms. The SMILES string of the molecule is CCCOc1cccc(NC(=O)CCCCCCCC(=O)Nc2cccc(OCCC)c2)c1. The second-order valence-electron chi connectivity index (χ2n) is 8.12. The summed E-state index contributed by atoms with van der Waals surface area (Å²) in [7, 11) is 0. The molecule has 2 rings (SSSR count). The largest absolute Gasteiger partial charge is 0.494 e. The van der Waals surface area contributed by atoms with Crippen LogP contribution in [-0.2, 0) is 9.59 Å². The van der Waals surface area contributed by atoms with Crippen molar-refractivity contribution in [1.82, 2.24) is 0 Å². The van der Waals surface area contributed by atoms with Gasteiger partial charge in [0.05, 0.1) is 13.2 Å². The molecule has 0 aliphatic carbocycles. The van der Waals surface area contributed by atoms with Gasteiger partial charge in [-0.3, -0.25) is 9.59 Å². The fourth-order valence-electron chi connectivity index (χ4n) is 3.32. The number of carbonyl (C=O) groups excluding carboxylic acids is 2. The maximum Gasteiger partial charge on any atom is 0.224 e. The molecule has 0 saturated carbocycles. The summed E-state index contributed by atoms with van der Waals surface area (Å²) in [4.78, 5) is 24.3. The van der Waals surface area contributed by atoms with Crippen molar-refractivity contribution in [2.24, 2.45) is 0 Å². The Labute approximate surface area is 198 Å². The van der Waals surface area contributed by atoms with E-state index in [9.17, 15) is 9.59 Å². The maximum absolute atomic E-state index is 12.2. The van der Waals surface area contributed by atoms with E-state index in [4.69, 9.17) is 9.47 Å². The van der Waals surface area contributed by atoms with Crippen LogP contribution in [0.15, 0.2) is 48.5 Å². The first-order valence-electron chi connectivity index (χ1n) is 12.2. The number of hydrogen-bond donors (Lipinski definition) is 2. The summed E-state index contributed by atoms with van der Waals surface area (Å²) in [5.74, 6) is 1.59. The first-order chi connectivity index (χ1) is 16.1. The van der Waals surface area contributed by atoms with E-state index in [1.54, 1.807) is 0 Å². The summed E-state index contributed by atoms with van der Waals surface area (Å²) in [6.07, 6.45) is 7.54. The second-order valence-corrected chi connectivity index (χ2v) is 8.12. The Morgan fingerprint density at radius 2 is 1.09 bits per heavy atom. The van der Waals surface area contributed by atoms with Crippen molar-refractivity contribution in [3.8, 4) is 11.5 Å². The quantitative estimate of drug-likeness (QED) is 0.281. The summed E-state index contributed by atoms with van der Waals surface area (Å²) in [6.45, 7) is 5.45. The zero-order valence-corrected chi connectivity index (χ0v) is 20.0. The molecule has 0 aromatic heterocycles. The Morgan fingerprint density at radius 3 is 1.52 bits per heavy atom. The van der Waals surface area contributed by atoms with E-state index in [0.29, 0.717) is 26.1 Å². The molecule has 2 amide bonds. The highest BCUT2D eigenvalue weighted by atomic mass is 16.5. The molecule has 0 atom stereocenters. The van der Waals surface area contributed by atoms with E-state index in [2.05, 4.69) is 24.5 Å². The van der Waals surface area contributed by atoms with Crippen molar-refractivity contribution >= 4 is 23.2 Å². The van der Waals surface area contributed by atoms with Gasteiger partial charge in [-0.05, 0) is 49.9 Å². The van der Waals surface area contributed by atoms with E-state index in [1.807, 2.05) is 48.5 Å². The topological polar surface area (TPSA) is 76.7 Å². The molecule has 0 unspecified atom stereocenters. The number of unbranched alkanes of at least 4 members (excludes halogenated alkanes) is 4. The number of anilines is 2. The molecule has 0 radical (unpaired) electrons. The fraction of sp³-hybridized carbons (Fsp3) is 0.481. The minimum atomic E-state index is 0.0205. The van der Waals surface area contributed by atoms with Gasteiger partial charge in [0.2, 0.25) is 11.8 Å². The van der Waals surface area contributed by atoms with Crippen LogP contribution < -0.4 is 20.1 Å². The first-order valence-corrected chi connectivity index (χ1v) is 12.2. The van der Waals surface area contributed by atoms with Crippen LogP contribution in [0.5, 0.6) is 11.5 Å². The van der Waals surface area contributed by atoms with Gasteiger partial charge < -0.3 is 20.1 Å². The molecule has 180 valence electrons. The van der Waals surface area contributed by atoms with Gasteiger partial charge in [-0.15, -0.1) is 0 Å². The smallest absolute Gasteiger partial charge is 0.224 e. The van der Waals surface area contributed by atoms with Crippen molar-refractivity contribution in [3.05, 3.63) is 48.5 Å². The third kappa shape index (κ3) is 11.4. The van der Waals surface area contributed by atoms with Gasteiger partial charge in [-0.1, -0.05) is 45.2 Å². The first kappa shape index (κ1) is 26.2. The third-order valence-corrected chi connectivity index (χ3v) is 4.99. The van der Waals surface area contributed by atoms with E-state index in [0.717, 1.165) is 67.8 Å². The average Bonchev–Trinajstić information content (AvgIpc) is 2.81. The molecule has 2 aromatic rings. The summed E-state index contributed by atoms with van der Waals surface area (Å²) < 4.78 is 11.2. The predicted molar refractivity (Wildman–Crippen MR) is 134 cm³/mol. The van der Waals surface area contributed by atoms with Crippen LogP contribution in [0.3, 0.4) is 0 Å². The van der Waals surface area contributed by atoms with Gasteiger partial charge in [0.15, 0.2) is 0 Å². The van der Waals surface area contributed by atoms with Crippen molar-refractivity contribution in [2.45, 2.75) is 71.6 Å². The number of hydrogen-bond acceptors (Lipinski definition) is 4. The van der Waals surface area contributed by atoms with E-state index < -0.39 is 0 Å². The van der Waals surface area contributed by atoms with Crippen molar-refractivity contribution in [1.29, 1.82) is 0 Å². The van der Waals surface area contributed by atoms with E-state index >= 15 is 0 Å². The lowest BCUT2D eigenvalue weighted by Crippen LogP contribution is -2.11. The fourth-order valence-corrected chi connectivity index (χ4v) is 3.32. The van der Waals surface area contributed by atoms with Crippen LogP contribution in [0, 0.1) is 0 Å². The average molecular weight is 455 g/mol. The number of benzene rings is 2. The molecule has 6 nitrogen and oxygen atoms in total. The highest BCUT2D eigenvalue weighted by Gasteiger charge is 2.06. The molecular weight excluding hydrogens is 416 g/mol. The molecule has 0 spiro atoms. The van der Waals surface area contributed by atoms with Crippen molar-refractivity contribution < 1.29 is 19.1 Å². The van der Waals surface area contributed by atoms with Gasteiger partial charge in [-0.2, -0.15) is 0 Å². The summed E-state index contributed by atoms with van der Waals surface area (Å²) in [5.41, 5.74) is 1.53. The zero-order valence-electron chi connectivity index (χ0n) is 20.0. The van der Waals surface area contributed by atoms with Crippen molar-refractivity contribution in [2.75, 3.05) is 23.8 Å². The normalized spacial score (nSPS) is 10.5. The molecule has 0 fully saturated rings.